The number of anilines is 1. The number of hydrogen-bond donors (Lipinski definition) is 1. The Morgan fingerprint density at radius 2 is 1.86 bits per heavy atom. The van der Waals surface area contributed by atoms with E-state index < -0.39 is 0 Å². The summed E-state index contributed by atoms with van der Waals surface area (Å²) >= 11 is 0. The van der Waals surface area contributed by atoms with E-state index in [0.717, 1.165) is 11.1 Å². The second kappa shape index (κ2) is 6.99. The van der Waals surface area contributed by atoms with E-state index in [0.29, 0.717) is 12.3 Å². The minimum absolute atomic E-state index is 0.0370. The van der Waals surface area contributed by atoms with Gasteiger partial charge in [-0.05, 0) is 49.2 Å². The molecular weight excluding hydrogens is 269 g/mol. The average molecular weight is 287 g/mol. The number of carbonyl (C=O) groups is 1. The van der Waals surface area contributed by atoms with E-state index in [4.69, 9.17) is 4.74 Å². The Hall–Kier alpha value is -2.20. The van der Waals surface area contributed by atoms with E-state index >= 15 is 0 Å². The van der Waals surface area contributed by atoms with Crippen molar-refractivity contribution in [3.8, 4) is 0 Å². The normalized spacial score (nSPS) is 10.4. The molecule has 3 nitrogen and oxygen atoms in total. The molecule has 2 aromatic carbocycles. The largest absolute Gasteiger partial charge is 0.367 e. The van der Waals surface area contributed by atoms with Gasteiger partial charge in [0, 0.05) is 5.69 Å². The number of rotatable bonds is 5. The van der Waals surface area contributed by atoms with Crippen molar-refractivity contribution >= 4 is 11.6 Å². The fourth-order valence-electron chi connectivity index (χ4n) is 1.99. The number of aryl methyl sites for hydroxylation is 2. The molecule has 0 aliphatic rings. The zero-order chi connectivity index (χ0) is 15.2. The minimum atomic E-state index is -0.334. The van der Waals surface area contributed by atoms with Crippen LogP contribution in [0, 0.1) is 19.7 Å². The van der Waals surface area contributed by atoms with Gasteiger partial charge in [0.05, 0.1) is 6.61 Å². The quantitative estimate of drug-likeness (QED) is 0.912. The lowest BCUT2D eigenvalue weighted by atomic mass is 10.1. The van der Waals surface area contributed by atoms with Crippen LogP contribution in [0.25, 0.3) is 0 Å². The van der Waals surface area contributed by atoms with Crippen LogP contribution >= 0.6 is 0 Å². The van der Waals surface area contributed by atoms with Gasteiger partial charge in [-0.15, -0.1) is 0 Å². The molecule has 1 N–H and O–H groups in total. The maximum Gasteiger partial charge on any atom is 0.250 e. The Bertz CT molecular complexity index is 623. The van der Waals surface area contributed by atoms with E-state index in [2.05, 4.69) is 11.4 Å². The molecular formula is C17H18FNO2. The van der Waals surface area contributed by atoms with E-state index in [1.165, 1.54) is 29.8 Å². The third kappa shape index (κ3) is 4.68. The first-order valence-electron chi connectivity index (χ1n) is 6.74. The number of nitrogens with one attached hydrogen (secondary N) is 1. The monoisotopic (exact) mass is 287 g/mol. The van der Waals surface area contributed by atoms with Crippen LogP contribution in [-0.4, -0.2) is 12.5 Å². The zero-order valence-corrected chi connectivity index (χ0v) is 12.2. The molecule has 2 aromatic rings. The van der Waals surface area contributed by atoms with Crippen molar-refractivity contribution in [1.29, 1.82) is 0 Å². The van der Waals surface area contributed by atoms with Crippen molar-refractivity contribution in [1.82, 2.24) is 0 Å². The zero-order valence-electron chi connectivity index (χ0n) is 12.2. The second-order valence-electron chi connectivity index (χ2n) is 4.98. The van der Waals surface area contributed by atoms with E-state index in [1.807, 2.05) is 26.0 Å². The van der Waals surface area contributed by atoms with Crippen molar-refractivity contribution in [2.75, 3.05) is 11.9 Å². The van der Waals surface area contributed by atoms with Crippen LogP contribution in [0.1, 0.15) is 16.7 Å². The van der Waals surface area contributed by atoms with Gasteiger partial charge in [-0.2, -0.15) is 0 Å². The van der Waals surface area contributed by atoms with Gasteiger partial charge in [0.25, 0.3) is 0 Å². The summed E-state index contributed by atoms with van der Waals surface area (Å²) in [6, 6.07) is 11.7. The first-order valence-corrected chi connectivity index (χ1v) is 6.74. The summed E-state index contributed by atoms with van der Waals surface area (Å²) < 4.78 is 18.2. The van der Waals surface area contributed by atoms with E-state index in [-0.39, 0.29) is 18.3 Å². The number of amides is 1. The van der Waals surface area contributed by atoms with Crippen LogP contribution in [0.2, 0.25) is 0 Å². The fraction of sp³-hybridized carbons (Fsp3) is 0.235. The summed E-state index contributed by atoms with van der Waals surface area (Å²) in [6.07, 6.45) is 0. The maximum atomic E-state index is 12.7. The predicted molar refractivity (Wildman–Crippen MR) is 80.6 cm³/mol. The van der Waals surface area contributed by atoms with Crippen LogP contribution < -0.4 is 5.32 Å². The first kappa shape index (κ1) is 15.2. The number of carbonyl (C=O) groups excluding carboxylic acids is 1. The van der Waals surface area contributed by atoms with Gasteiger partial charge in [-0.25, -0.2) is 4.39 Å². The number of ether oxygens (including phenoxy) is 1. The highest BCUT2D eigenvalue weighted by atomic mass is 19.1. The number of benzene rings is 2. The smallest absolute Gasteiger partial charge is 0.250 e. The predicted octanol–water partition coefficient (Wildman–Crippen LogP) is 3.60. The van der Waals surface area contributed by atoms with Crippen molar-refractivity contribution in [3.05, 3.63) is 65.0 Å². The molecule has 21 heavy (non-hydrogen) atoms. The van der Waals surface area contributed by atoms with Crippen molar-refractivity contribution in [3.63, 3.8) is 0 Å². The molecule has 0 unspecified atom stereocenters. The van der Waals surface area contributed by atoms with Crippen molar-refractivity contribution in [2.24, 2.45) is 0 Å². The fourth-order valence-corrected chi connectivity index (χ4v) is 1.99. The van der Waals surface area contributed by atoms with Crippen molar-refractivity contribution < 1.29 is 13.9 Å². The topological polar surface area (TPSA) is 38.3 Å². The maximum absolute atomic E-state index is 12.7. The highest BCUT2D eigenvalue weighted by Crippen LogP contribution is 2.12. The molecule has 0 aromatic heterocycles. The Labute approximate surface area is 123 Å². The SMILES string of the molecule is Cc1ccc(COCC(=O)Nc2ccc(F)cc2)c(C)c1. The van der Waals surface area contributed by atoms with Gasteiger partial charge in [-0.1, -0.05) is 23.8 Å². The number of halogens is 1. The van der Waals surface area contributed by atoms with Gasteiger partial charge < -0.3 is 10.1 Å². The standard InChI is InChI=1S/C17H18FNO2/c1-12-3-4-14(13(2)9-12)10-21-11-17(20)19-16-7-5-15(18)6-8-16/h3-9H,10-11H2,1-2H3,(H,19,20). The van der Waals surface area contributed by atoms with E-state index in [1.54, 1.807) is 0 Å². The molecule has 2 rings (SSSR count). The van der Waals surface area contributed by atoms with Gasteiger partial charge >= 0.3 is 0 Å². The molecule has 0 atom stereocenters. The third-order valence-corrected chi connectivity index (χ3v) is 3.12. The highest BCUT2D eigenvalue weighted by molar-refractivity contribution is 5.91. The molecule has 110 valence electrons. The van der Waals surface area contributed by atoms with Crippen LogP contribution in [0.3, 0.4) is 0 Å². The van der Waals surface area contributed by atoms with Crippen LogP contribution in [0.4, 0.5) is 10.1 Å². The lowest BCUT2D eigenvalue weighted by Crippen LogP contribution is -2.18. The Morgan fingerprint density at radius 1 is 1.14 bits per heavy atom. The lowest BCUT2D eigenvalue weighted by Gasteiger charge is -2.09. The summed E-state index contributed by atoms with van der Waals surface area (Å²) in [6.45, 7) is 4.41. The summed E-state index contributed by atoms with van der Waals surface area (Å²) in [7, 11) is 0. The molecule has 0 radical (unpaired) electrons. The Balaban J connectivity index is 1.80. The molecule has 0 spiro atoms. The molecule has 0 aliphatic carbocycles. The van der Waals surface area contributed by atoms with Gasteiger partial charge in [-0.3, -0.25) is 4.79 Å². The van der Waals surface area contributed by atoms with Gasteiger partial charge in [0.2, 0.25) is 5.91 Å². The van der Waals surface area contributed by atoms with E-state index in [9.17, 15) is 9.18 Å². The highest BCUT2D eigenvalue weighted by Gasteiger charge is 2.04. The molecule has 0 saturated carbocycles. The average Bonchev–Trinajstić information content (AvgIpc) is 2.44. The molecule has 1 amide bonds. The second-order valence-corrected chi connectivity index (χ2v) is 4.98. The minimum Gasteiger partial charge on any atom is -0.367 e. The molecule has 0 bridgehead atoms. The molecule has 0 fully saturated rings. The summed E-state index contributed by atoms with van der Waals surface area (Å²) in [5.74, 6) is -0.592. The van der Waals surface area contributed by atoms with Crippen molar-refractivity contribution in [2.45, 2.75) is 20.5 Å². The summed E-state index contributed by atoms with van der Waals surface area (Å²) in [4.78, 5) is 11.7. The van der Waals surface area contributed by atoms with Crippen LogP contribution in [0.5, 0.6) is 0 Å². The Morgan fingerprint density at radius 3 is 2.52 bits per heavy atom. The third-order valence-electron chi connectivity index (χ3n) is 3.12. The molecule has 0 heterocycles. The lowest BCUT2D eigenvalue weighted by molar-refractivity contribution is -0.121. The summed E-state index contributed by atoms with van der Waals surface area (Å²) in [5, 5.41) is 2.65. The molecule has 4 heteroatoms. The number of hydrogen-bond acceptors (Lipinski definition) is 2. The van der Waals surface area contributed by atoms with Gasteiger partial charge in [0.15, 0.2) is 0 Å². The molecule has 0 saturated heterocycles. The molecule has 0 aliphatic heterocycles. The summed E-state index contributed by atoms with van der Waals surface area (Å²) in [5.41, 5.74) is 3.96. The van der Waals surface area contributed by atoms with Crippen LogP contribution in [0.15, 0.2) is 42.5 Å². The Kier molecular flexibility index (Phi) is 5.06. The van der Waals surface area contributed by atoms with Gasteiger partial charge in [0.1, 0.15) is 12.4 Å². The first-order chi connectivity index (χ1) is 10.0. The van der Waals surface area contributed by atoms with Crippen LogP contribution in [-0.2, 0) is 16.1 Å².